The molecule has 6 heteroatoms. The highest BCUT2D eigenvalue weighted by molar-refractivity contribution is 7.20. The number of halogens is 2. The number of aromatic nitrogens is 2. The Morgan fingerprint density at radius 3 is 2.88 bits per heavy atom. The standard InChI is InChI=1S/C11H11Cl2N3S/c1-7(9-5-10(12)17-11(9)13)14-6-8-3-2-4-15-16-8/h2-5,7,14H,6H2,1H3. The van der Waals surface area contributed by atoms with Gasteiger partial charge in [0.05, 0.1) is 14.4 Å². The van der Waals surface area contributed by atoms with E-state index in [9.17, 15) is 0 Å². The maximum Gasteiger partial charge on any atom is 0.0991 e. The largest absolute Gasteiger partial charge is 0.304 e. The Hall–Kier alpha value is -0.680. The quantitative estimate of drug-likeness (QED) is 0.932. The lowest BCUT2D eigenvalue weighted by molar-refractivity contribution is 0.565. The van der Waals surface area contributed by atoms with E-state index in [0.717, 1.165) is 15.6 Å². The normalized spacial score (nSPS) is 12.6. The molecule has 2 aromatic rings. The van der Waals surface area contributed by atoms with Gasteiger partial charge in [0.2, 0.25) is 0 Å². The van der Waals surface area contributed by atoms with Gasteiger partial charge in [0.15, 0.2) is 0 Å². The van der Waals surface area contributed by atoms with Crippen molar-refractivity contribution >= 4 is 34.5 Å². The number of rotatable bonds is 4. The highest BCUT2D eigenvalue weighted by Crippen LogP contribution is 2.34. The molecule has 0 aromatic carbocycles. The second-order valence-corrected chi connectivity index (χ2v) is 5.88. The van der Waals surface area contributed by atoms with Gasteiger partial charge in [0.25, 0.3) is 0 Å². The molecule has 0 spiro atoms. The lowest BCUT2D eigenvalue weighted by Gasteiger charge is -2.12. The summed E-state index contributed by atoms with van der Waals surface area (Å²) < 4.78 is 1.44. The molecule has 2 heterocycles. The maximum atomic E-state index is 6.09. The van der Waals surface area contributed by atoms with Crippen LogP contribution in [0.1, 0.15) is 24.2 Å². The first-order chi connectivity index (χ1) is 8.16. The van der Waals surface area contributed by atoms with Gasteiger partial charge in [-0.3, -0.25) is 0 Å². The van der Waals surface area contributed by atoms with Crippen molar-refractivity contribution in [2.45, 2.75) is 19.5 Å². The van der Waals surface area contributed by atoms with Crippen LogP contribution in [0.4, 0.5) is 0 Å². The molecule has 0 aliphatic heterocycles. The summed E-state index contributed by atoms with van der Waals surface area (Å²) in [6.45, 7) is 2.69. The third-order valence-corrected chi connectivity index (χ3v) is 3.88. The van der Waals surface area contributed by atoms with E-state index in [4.69, 9.17) is 23.2 Å². The second-order valence-electron chi connectivity index (χ2n) is 3.60. The number of hydrogen-bond donors (Lipinski definition) is 1. The van der Waals surface area contributed by atoms with Gasteiger partial charge in [-0.15, -0.1) is 11.3 Å². The van der Waals surface area contributed by atoms with Crippen molar-refractivity contribution in [1.29, 1.82) is 0 Å². The topological polar surface area (TPSA) is 37.8 Å². The zero-order valence-corrected chi connectivity index (χ0v) is 11.5. The number of hydrogen-bond acceptors (Lipinski definition) is 4. The van der Waals surface area contributed by atoms with Gasteiger partial charge in [0, 0.05) is 18.8 Å². The minimum absolute atomic E-state index is 0.133. The van der Waals surface area contributed by atoms with E-state index < -0.39 is 0 Å². The van der Waals surface area contributed by atoms with Gasteiger partial charge < -0.3 is 5.32 Å². The Bertz CT molecular complexity index is 487. The molecule has 2 aromatic heterocycles. The van der Waals surface area contributed by atoms with Gasteiger partial charge in [-0.05, 0) is 30.7 Å². The van der Waals surface area contributed by atoms with Crippen molar-refractivity contribution in [2.24, 2.45) is 0 Å². The minimum Gasteiger partial charge on any atom is -0.304 e. The SMILES string of the molecule is CC(NCc1cccnn1)c1cc(Cl)sc1Cl. The first-order valence-electron chi connectivity index (χ1n) is 5.11. The van der Waals surface area contributed by atoms with Crippen LogP contribution < -0.4 is 5.32 Å². The van der Waals surface area contributed by atoms with Crippen molar-refractivity contribution in [3.05, 3.63) is 44.3 Å². The van der Waals surface area contributed by atoms with Crippen molar-refractivity contribution < 1.29 is 0 Å². The summed E-state index contributed by atoms with van der Waals surface area (Å²) >= 11 is 13.4. The van der Waals surface area contributed by atoms with Crippen molar-refractivity contribution in [3.8, 4) is 0 Å². The summed E-state index contributed by atoms with van der Waals surface area (Å²) in [5.41, 5.74) is 1.92. The molecular formula is C11H11Cl2N3S. The number of nitrogens with zero attached hydrogens (tertiary/aromatic N) is 2. The summed E-state index contributed by atoms with van der Waals surface area (Å²) in [6, 6.07) is 5.81. The fraction of sp³-hybridized carbons (Fsp3) is 0.273. The van der Waals surface area contributed by atoms with E-state index in [1.54, 1.807) is 6.20 Å². The molecule has 0 aliphatic carbocycles. The first-order valence-corrected chi connectivity index (χ1v) is 6.68. The molecule has 2 rings (SSSR count). The molecule has 1 unspecified atom stereocenters. The van der Waals surface area contributed by atoms with Gasteiger partial charge in [-0.25, -0.2) is 0 Å². The Kier molecular flexibility index (Phi) is 4.34. The molecular weight excluding hydrogens is 277 g/mol. The molecule has 0 bridgehead atoms. The third kappa shape index (κ3) is 3.39. The molecule has 90 valence electrons. The Morgan fingerprint density at radius 1 is 1.47 bits per heavy atom. The number of thiophene rings is 1. The summed E-state index contributed by atoms with van der Waals surface area (Å²) in [7, 11) is 0. The predicted octanol–water partition coefficient (Wildman–Crippen LogP) is 3.70. The summed E-state index contributed by atoms with van der Waals surface area (Å²) in [6.07, 6.45) is 1.66. The van der Waals surface area contributed by atoms with Gasteiger partial charge >= 0.3 is 0 Å². The van der Waals surface area contributed by atoms with Crippen LogP contribution in [0.25, 0.3) is 0 Å². The van der Waals surface area contributed by atoms with Crippen LogP contribution in [0, 0.1) is 0 Å². The lowest BCUT2D eigenvalue weighted by Crippen LogP contribution is -2.18. The van der Waals surface area contributed by atoms with E-state index in [1.165, 1.54) is 11.3 Å². The summed E-state index contributed by atoms with van der Waals surface area (Å²) in [5.74, 6) is 0. The molecule has 0 fully saturated rings. The molecule has 0 saturated carbocycles. The van der Waals surface area contributed by atoms with Crippen molar-refractivity contribution in [3.63, 3.8) is 0 Å². The highest BCUT2D eigenvalue weighted by Gasteiger charge is 2.12. The van der Waals surface area contributed by atoms with Crippen LogP contribution in [0.3, 0.4) is 0 Å². The Balaban J connectivity index is 1.98. The van der Waals surface area contributed by atoms with Crippen LogP contribution in [-0.2, 0) is 6.54 Å². The van der Waals surface area contributed by atoms with Crippen molar-refractivity contribution in [2.75, 3.05) is 0 Å². The van der Waals surface area contributed by atoms with E-state index in [0.29, 0.717) is 10.9 Å². The van der Waals surface area contributed by atoms with Gasteiger partial charge in [-0.2, -0.15) is 10.2 Å². The average molecular weight is 288 g/mol. The molecule has 0 saturated heterocycles. The fourth-order valence-electron chi connectivity index (χ4n) is 1.44. The molecule has 1 atom stereocenters. The van der Waals surface area contributed by atoms with E-state index in [-0.39, 0.29) is 6.04 Å². The number of nitrogens with one attached hydrogen (secondary N) is 1. The second kappa shape index (κ2) is 5.78. The predicted molar refractivity (Wildman–Crippen MR) is 71.6 cm³/mol. The minimum atomic E-state index is 0.133. The van der Waals surface area contributed by atoms with Gasteiger partial charge in [-0.1, -0.05) is 23.2 Å². The van der Waals surface area contributed by atoms with Crippen LogP contribution in [-0.4, -0.2) is 10.2 Å². The average Bonchev–Trinajstić information content (AvgIpc) is 2.67. The van der Waals surface area contributed by atoms with E-state index >= 15 is 0 Å². The summed E-state index contributed by atoms with van der Waals surface area (Å²) in [4.78, 5) is 0. The molecule has 0 radical (unpaired) electrons. The van der Waals surface area contributed by atoms with Crippen LogP contribution in [0.15, 0.2) is 24.4 Å². The monoisotopic (exact) mass is 287 g/mol. The molecule has 1 N–H and O–H groups in total. The first kappa shape index (κ1) is 12.8. The van der Waals surface area contributed by atoms with Gasteiger partial charge in [0.1, 0.15) is 0 Å². The van der Waals surface area contributed by atoms with Crippen molar-refractivity contribution in [1.82, 2.24) is 15.5 Å². The third-order valence-electron chi connectivity index (χ3n) is 2.37. The fourth-order valence-corrected chi connectivity index (χ4v) is 3.09. The molecule has 17 heavy (non-hydrogen) atoms. The van der Waals surface area contributed by atoms with Crippen LogP contribution >= 0.6 is 34.5 Å². The van der Waals surface area contributed by atoms with Crippen LogP contribution in [0.2, 0.25) is 8.67 Å². The Labute approximate surface area is 114 Å². The zero-order chi connectivity index (χ0) is 12.3. The summed E-state index contributed by atoms with van der Waals surface area (Å²) in [5, 5.41) is 11.2. The maximum absolute atomic E-state index is 6.09. The van der Waals surface area contributed by atoms with E-state index in [1.807, 2.05) is 25.1 Å². The Morgan fingerprint density at radius 2 is 2.29 bits per heavy atom. The van der Waals surface area contributed by atoms with E-state index in [2.05, 4.69) is 15.5 Å². The molecule has 0 amide bonds. The highest BCUT2D eigenvalue weighted by atomic mass is 35.5. The van der Waals surface area contributed by atoms with Crippen LogP contribution in [0.5, 0.6) is 0 Å². The molecule has 0 aliphatic rings. The molecule has 3 nitrogen and oxygen atoms in total. The lowest BCUT2D eigenvalue weighted by atomic mass is 10.2. The zero-order valence-electron chi connectivity index (χ0n) is 9.15. The smallest absolute Gasteiger partial charge is 0.0991 e.